The molecule has 2 aromatic rings. The molecule has 1 atom stereocenters. The molecule has 31 heavy (non-hydrogen) atoms. The van der Waals surface area contributed by atoms with Crippen LogP contribution >= 0.6 is 23.2 Å². The molecular weight excluding hydrogens is 471 g/mol. The summed E-state index contributed by atoms with van der Waals surface area (Å²) < 4.78 is 54.2. The molecule has 1 aliphatic heterocycles. The van der Waals surface area contributed by atoms with E-state index in [0.29, 0.717) is 31.5 Å². The van der Waals surface area contributed by atoms with Crippen molar-refractivity contribution in [3.63, 3.8) is 0 Å². The summed E-state index contributed by atoms with van der Waals surface area (Å²) in [5, 5.41) is 2.91. The van der Waals surface area contributed by atoms with E-state index in [9.17, 15) is 22.0 Å². The molecule has 0 saturated carbocycles. The monoisotopic (exact) mass is 491 g/mol. The molecule has 1 unspecified atom stereocenters. The molecule has 1 saturated heterocycles. The van der Waals surface area contributed by atoms with E-state index in [-0.39, 0.29) is 27.0 Å². The second-order valence-electron chi connectivity index (χ2n) is 7.30. The van der Waals surface area contributed by atoms with Crippen molar-refractivity contribution in [2.24, 2.45) is 0 Å². The molecule has 168 valence electrons. The van der Waals surface area contributed by atoms with Crippen molar-refractivity contribution in [3.8, 4) is 0 Å². The molecule has 0 aromatic heterocycles. The van der Waals surface area contributed by atoms with Crippen molar-refractivity contribution in [3.05, 3.63) is 63.6 Å². The van der Waals surface area contributed by atoms with Crippen LogP contribution in [-0.2, 0) is 10.0 Å². The zero-order chi connectivity index (χ0) is 22.8. The van der Waals surface area contributed by atoms with Gasteiger partial charge in [-0.3, -0.25) is 0 Å². The first-order chi connectivity index (χ1) is 14.6. The molecule has 0 radical (unpaired) electrons. The maximum Gasteiger partial charge on any atom is 0.317 e. The van der Waals surface area contributed by atoms with Crippen LogP contribution in [0.1, 0.15) is 31.4 Å². The zero-order valence-electron chi connectivity index (χ0n) is 16.5. The van der Waals surface area contributed by atoms with Gasteiger partial charge in [-0.15, -0.1) is 0 Å². The van der Waals surface area contributed by atoms with Crippen LogP contribution in [0.4, 0.5) is 13.6 Å². The Kier molecular flexibility index (Phi) is 7.41. The highest BCUT2D eigenvalue weighted by molar-refractivity contribution is 7.89. The van der Waals surface area contributed by atoms with Crippen LogP contribution in [0.15, 0.2) is 41.3 Å². The Hall–Kier alpha value is -1.94. The van der Waals surface area contributed by atoms with Crippen molar-refractivity contribution < 1.29 is 22.0 Å². The van der Waals surface area contributed by atoms with Crippen LogP contribution in [0, 0.1) is 11.6 Å². The number of urea groups is 1. The summed E-state index contributed by atoms with van der Waals surface area (Å²) in [5.74, 6) is -1.15. The number of hydrogen-bond donors (Lipinski definition) is 2. The average Bonchev–Trinajstić information content (AvgIpc) is 2.71. The van der Waals surface area contributed by atoms with Gasteiger partial charge in [0.1, 0.15) is 11.6 Å². The van der Waals surface area contributed by atoms with Crippen LogP contribution in [0.2, 0.25) is 10.0 Å². The number of sulfonamides is 1. The second kappa shape index (κ2) is 9.68. The first-order valence-electron chi connectivity index (χ1n) is 9.54. The summed E-state index contributed by atoms with van der Waals surface area (Å²) in [6.07, 6.45) is 0.830. The number of carbonyl (C=O) groups is 1. The highest BCUT2D eigenvalue weighted by Gasteiger charge is 2.27. The number of hydrogen-bond acceptors (Lipinski definition) is 3. The van der Waals surface area contributed by atoms with Gasteiger partial charge in [0.15, 0.2) is 0 Å². The summed E-state index contributed by atoms with van der Waals surface area (Å²) in [7, 11) is -3.78. The van der Waals surface area contributed by atoms with Gasteiger partial charge in [0.2, 0.25) is 10.0 Å². The number of halogens is 4. The first-order valence-corrected chi connectivity index (χ1v) is 11.8. The lowest BCUT2D eigenvalue weighted by atomic mass is 10.1. The average molecular weight is 492 g/mol. The molecule has 1 fully saturated rings. The first kappa shape index (κ1) is 23.7. The third-order valence-corrected chi connectivity index (χ3v) is 7.23. The predicted molar refractivity (Wildman–Crippen MR) is 115 cm³/mol. The van der Waals surface area contributed by atoms with Crippen LogP contribution in [0.3, 0.4) is 0 Å². The van der Waals surface area contributed by atoms with Gasteiger partial charge in [-0.25, -0.2) is 26.7 Å². The Morgan fingerprint density at radius 2 is 1.71 bits per heavy atom. The molecule has 6 nitrogen and oxygen atoms in total. The van der Waals surface area contributed by atoms with E-state index >= 15 is 0 Å². The van der Waals surface area contributed by atoms with Crippen molar-refractivity contribution in [1.82, 2.24) is 14.9 Å². The molecule has 1 heterocycles. The topological polar surface area (TPSA) is 78.5 Å². The standard InChI is InChI=1S/C20H21Cl2F2N3O3S/c1-12(16-10-19(24)18(22)11-17(16)21)25-20(28)27-8-6-14(7-9-27)26-31(29,30)15-4-2-13(23)3-5-15/h2-5,10-12,14,26H,6-9H2,1H3,(H,25,28). The van der Waals surface area contributed by atoms with E-state index in [1.54, 1.807) is 11.8 Å². The predicted octanol–water partition coefficient (Wildman–Crippen LogP) is 4.49. The van der Waals surface area contributed by atoms with Gasteiger partial charge in [-0.2, -0.15) is 0 Å². The number of nitrogens with one attached hydrogen (secondary N) is 2. The Morgan fingerprint density at radius 1 is 1.10 bits per heavy atom. The van der Waals surface area contributed by atoms with Crippen LogP contribution in [0.5, 0.6) is 0 Å². The number of likely N-dealkylation sites (tertiary alicyclic amines) is 1. The lowest BCUT2D eigenvalue weighted by molar-refractivity contribution is 0.177. The summed E-state index contributed by atoms with van der Waals surface area (Å²) in [5.41, 5.74) is 0.402. The molecule has 3 rings (SSSR count). The molecule has 11 heteroatoms. The minimum absolute atomic E-state index is 0.0185. The Morgan fingerprint density at radius 3 is 2.32 bits per heavy atom. The number of nitrogens with zero attached hydrogens (tertiary/aromatic N) is 1. The van der Waals surface area contributed by atoms with Crippen LogP contribution < -0.4 is 10.0 Å². The van der Waals surface area contributed by atoms with Crippen LogP contribution in [-0.4, -0.2) is 38.5 Å². The lowest BCUT2D eigenvalue weighted by Crippen LogP contribution is -2.49. The van der Waals surface area contributed by atoms with Gasteiger partial charge in [-0.05, 0) is 61.7 Å². The van der Waals surface area contributed by atoms with Gasteiger partial charge in [0.05, 0.1) is 16.0 Å². The highest BCUT2D eigenvalue weighted by Crippen LogP contribution is 2.29. The molecular formula is C20H21Cl2F2N3O3S. The maximum absolute atomic E-state index is 13.7. The van der Waals surface area contributed by atoms with Gasteiger partial charge < -0.3 is 10.2 Å². The summed E-state index contributed by atoms with van der Waals surface area (Å²) in [4.78, 5) is 14.1. The largest absolute Gasteiger partial charge is 0.331 e. The normalized spacial score (nSPS) is 16.2. The summed E-state index contributed by atoms with van der Waals surface area (Å²) >= 11 is 11.8. The SMILES string of the molecule is CC(NC(=O)N1CCC(NS(=O)(=O)c2ccc(F)cc2)CC1)c1cc(F)c(Cl)cc1Cl. The number of carbonyl (C=O) groups excluding carboxylic acids is 1. The Labute approximate surface area is 189 Å². The number of rotatable bonds is 5. The molecule has 0 bridgehead atoms. The smallest absolute Gasteiger partial charge is 0.317 e. The Balaban J connectivity index is 1.55. The molecule has 0 spiro atoms. The zero-order valence-corrected chi connectivity index (χ0v) is 18.9. The molecule has 0 aliphatic carbocycles. The van der Waals surface area contributed by atoms with Gasteiger partial charge in [-0.1, -0.05) is 23.2 Å². The van der Waals surface area contributed by atoms with E-state index in [0.717, 1.165) is 12.1 Å². The van der Waals surface area contributed by atoms with Crippen molar-refractivity contribution in [1.29, 1.82) is 0 Å². The fourth-order valence-corrected chi connectivity index (χ4v) is 5.18. The van der Waals surface area contributed by atoms with E-state index in [2.05, 4.69) is 10.0 Å². The van der Waals surface area contributed by atoms with E-state index in [4.69, 9.17) is 23.2 Å². The number of piperidine rings is 1. The minimum atomic E-state index is -3.78. The highest BCUT2D eigenvalue weighted by atomic mass is 35.5. The van der Waals surface area contributed by atoms with Crippen molar-refractivity contribution in [2.75, 3.05) is 13.1 Å². The summed E-state index contributed by atoms with van der Waals surface area (Å²) in [6, 6.07) is 5.78. The Bertz CT molecular complexity index is 1060. The van der Waals surface area contributed by atoms with Gasteiger partial charge in [0, 0.05) is 24.2 Å². The molecule has 1 aliphatic rings. The third kappa shape index (κ3) is 5.85. The van der Waals surface area contributed by atoms with Crippen LogP contribution in [0.25, 0.3) is 0 Å². The van der Waals surface area contributed by atoms with Crippen molar-refractivity contribution in [2.45, 2.75) is 36.7 Å². The maximum atomic E-state index is 13.7. The number of amides is 2. The quantitative estimate of drug-likeness (QED) is 0.604. The molecule has 2 aromatic carbocycles. The summed E-state index contributed by atoms with van der Waals surface area (Å²) in [6.45, 7) is 2.34. The second-order valence-corrected chi connectivity index (χ2v) is 9.82. The van der Waals surface area contributed by atoms with E-state index in [1.165, 1.54) is 24.3 Å². The third-order valence-electron chi connectivity index (χ3n) is 5.07. The van der Waals surface area contributed by atoms with E-state index < -0.39 is 27.7 Å². The van der Waals surface area contributed by atoms with Gasteiger partial charge in [0.25, 0.3) is 0 Å². The van der Waals surface area contributed by atoms with Gasteiger partial charge >= 0.3 is 6.03 Å². The van der Waals surface area contributed by atoms with E-state index in [1.807, 2.05) is 0 Å². The molecule has 2 amide bonds. The minimum Gasteiger partial charge on any atom is -0.331 e. The lowest BCUT2D eigenvalue weighted by Gasteiger charge is -2.33. The fraction of sp³-hybridized carbons (Fsp3) is 0.350. The van der Waals surface area contributed by atoms with Crippen molar-refractivity contribution >= 4 is 39.3 Å². The number of benzene rings is 2. The fourth-order valence-electron chi connectivity index (χ4n) is 3.33. The molecule has 2 N–H and O–H groups in total.